The van der Waals surface area contributed by atoms with E-state index < -0.39 is 0 Å². The maximum Gasteiger partial charge on any atom is 0.131 e. The molecule has 0 spiro atoms. The smallest absolute Gasteiger partial charge is 0.131 e. The fraction of sp³-hybridized carbons (Fsp3) is 0.429. The van der Waals surface area contributed by atoms with E-state index in [-0.39, 0.29) is 0 Å². The van der Waals surface area contributed by atoms with Crippen LogP contribution < -0.4 is 9.47 Å². The van der Waals surface area contributed by atoms with Crippen molar-refractivity contribution in [3.63, 3.8) is 0 Å². The number of benzene rings is 2. The van der Waals surface area contributed by atoms with E-state index in [0.717, 1.165) is 42.1 Å². The molecule has 4 heteroatoms. The number of rotatable bonds is 8. The summed E-state index contributed by atoms with van der Waals surface area (Å²) in [5.74, 6) is 1.99. The first kappa shape index (κ1) is 16.4. The predicted molar refractivity (Wildman–Crippen MR) is 95.8 cm³/mol. The monoisotopic (exact) mass is 340 g/mol. The summed E-state index contributed by atoms with van der Waals surface area (Å²) in [6, 6.07) is 8.82. The second-order valence-corrected chi connectivity index (χ2v) is 6.66. The minimum Gasteiger partial charge on any atom is -0.488 e. The highest BCUT2D eigenvalue weighted by Gasteiger charge is 2.24. The molecule has 0 saturated carbocycles. The molecule has 2 aromatic carbocycles. The molecule has 0 saturated heterocycles. The Kier molecular flexibility index (Phi) is 4.64. The molecule has 0 bridgehead atoms. The number of hydrogen-bond acceptors (Lipinski definition) is 4. The summed E-state index contributed by atoms with van der Waals surface area (Å²) in [5, 5.41) is 0. The van der Waals surface area contributed by atoms with Gasteiger partial charge in [-0.3, -0.25) is 0 Å². The zero-order valence-corrected chi connectivity index (χ0v) is 14.9. The van der Waals surface area contributed by atoms with Crippen LogP contribution in [-0.4, -0.2) is 13.7 Å². The number of hydrogen-bond donors (Lipinski definition) is 0. The Morgan fingerprint density at radius 1 is 0.880 bits per heavy atom. The second-order valence-electron chi connectivity index (χ2n) is 6.66. The van der Waals surface area contributed by atoms with Crippen LogP contribution in [0.1, 0.15) is 42.0 Å². The maximum absolute atomic E-state index is 5.82. The molecule has 0 unspecified atom stereocenters. The van der Waals surface area contributed by atoms with E-state index >= 15 is 0 Å². The third kappa shape index (κ3) is 3.12. The Morgan fingerprint density at radius 2 is 1.48 bits per heavy atom. The minimum atomic E-state index is 0.567. The van der Waals surface area contributed by atoms with Crippen molar-refractivity contribution in [2.45, 2.75) is 46.2 Å². The molecule has 25 heavy (non-hydrogen) atoms. The number of ether oxygens (including phenoxy) is 4. The van der Waals surface area contributed by atoms with Gasteiger partial charge in [0.2, 0.25) is 0 Å². The molecule has 0 radical (unpaired) electrons. The van der Waals surface area contributed by atoms with Crippen molar-refractivity contribution in [2.24, 2.45) is 0 Å². The SMILES string of the molecule is CCCCOCc1cc(-c2cc(COC)c3c(c2)CO3)cc2c1OC2. The summed E-state index contributed by atoms with van der Waals surface area (Å²) in [6.07, 6.45) is 2.24. The highest BCUT2D eigenvalue weighted by Crippen LogP contribution is 2.41. The van der Waals surface area contributed by atoms with E-state index in [0.29, 0.717) is 26.4 Å². The van der Waals surface area contributed by atoms with Gasteiger partial charge in [0.05, 0.1) is 13.2 Å². The minimum absolute atomic E-state index is 0.567. The summed E-state index contributed by atoms with van der Waals surface area (Å²) in [4.78, 5) is 0. The lowest BCUT2D eigenvalue weighted by molar-refractivity contribution is 0.112. The van der Waals surface area contributed by atoms with Gasteiger partial charge in [0.1, 0.15) is 24.7 Å². The average molecular weight is 340 g/mol. The molecule has 0 atom stereocenters. The zero-order chi connectivity index (χ0) is 17.2. The molecule has 4 rings (SSSR count). The molecule has 0 amide bonds. The molecule has 2 aromatic rings. The van der Waals surface area contributed by atoms with Gasteiger partial charge in [-0.2, -0.15) is 0 Å². The Hall–Kier alpha value is -2.04. The van der Waals surface area contributed by atoms with Crippen molar-refractivity contribution in [2.75, 3.05) is 13.7 Å². The van der Waals surface area contributed by atoms with Crippen LogP contribution in [0.3, 0.4) is 0 Å². The molecule has 132 valence electrons. The summed E-state index contributed by atoms with van der Waals surface area (Å²) in [7, 11) is 1.71. The van der Waals surface area contributed by atoms with Crippen LogP contribution in [0, 0.1) is 0 Å². The van der Waals surface area contributed by atoms with Gasteiger partial charge in [0.25, 0.3) is 0 Å². The largest absolute Gasteiger partial charge is 0.488 e. The van der Waals surface area contributed by atoms with Crippen molar-refractivity contribution in [1.82, 2.24) is 0 Å². The van der Waals surface area contributed by atoms with Crippen molar-refractivity contribution in [3.8, 4) is 22.6 Å². The van der Waals surface area contributed by atoms with Gasteiger partial charge in [-0.25, -0.2) is 0 Å². The lowest BCUT2D eigenvalue weighted by atomic mass is 9.93. The fourth-order valence-electron chi connectivity index (χ4n) is 3.36. The van der Waals surface area contributed by atoms with Crippen LogP contribution >= 0.6 is 0 Å². The lowest BCUT2D eigenvalue weighted by Gasteiger charge is -2.27. The molecule has 0 N–H and O–H groups in total. The van der Waals surface area contributed by atoms with Gasteiger partial charge in [0.15, 0.2) is 0 Å². The number of unbranched alkanes of at least 4 members (excludes halogenated alkanes) is 1. The topological polar surface area (TPSA) is 36.9 Å². The molecular formula is C21H24O4. The molecule has 2 heterocycles. The van der Waals surface area contributed by atoms with Crippen molar-refractivity contribution in [3.05, 3.63) is 46.5 Å². The molecule has 0 aromatic heterocycles. The van der Waals surface area contributed by atoms with Crippen LogP contribution in [0.2, 0.25) is 0 Å². The Labute approximate surface area is 148 Å². The molecule has 0 fully saturated rings. The van der Waals surface area contributed by atoms with Crippen LogP contribution in [-0.2, 0) is 35.9 Å². The first-order valence-electron chi connectivity index (χ1n) is 8.94. The third-order valence-corrected chi connectivity index (χ3v) is 4.76. The van der Waals surface area contributed by atoms with E-state index in [1.54, 1.807) is 7.11 Å². The van der Waals surface area contributed by atoms with Crippen molar-refractivity contribution < 1.29 is 18.9 Å². The van der Waals surface area contributed by atoms with Gasteiger partial charge in [0, 0.05) is 36.0 Å². The first-order chi connectivity index (χ1) is 12.3. The normalized spacial score (nSPS) is 13.8. The van der Waals surface area contributed by atoms with Crippen LogP contribution in [0.4, 0.5) is 0 Å². The third-order valence-electron chi connectivity index (χ3n) is 4.76. The molecule has 2 aliphatic heterocycles. The van der Waals surface area contributed by atoms with E-state index in [1.807, 2.05) is 0 Å². The first-order valence-corrected chi connectivity index (χ1v) is 8.94. The van der Waals surface area contributed by atoms with Crippen molar-refractivity contribution >= 4 is 0 Å². The standard InChI is InChI=1S/C21H24O4/c1-3-4-5-23-11-17-7-15(9-19-13-25-21(17)19)14-6-16(10-22-2)20-18(8-14)12-24-20/h6-9H,3-5,10-13H2,1-2H3. The maximum atomic E-state index is 5.82. The molecule has 4 nitrogen and oxygen atoms in total. The van der Waals surface area contributed by atoms with E-state index in [4.69, 9.17) is 18.9 Å². The fourth-order valence-corrected chi connectivity index (χ4v) is 3.36. The zero-order valence-electron chi connectivity index (χ0n) is 14.9. The van der Waals surface area contributed by atoms with Crippen LogP contribution in [0.15, 0.2) is 24.3 Å². The van der Waals surface area contributed by atoms with Gasteiger partial charge in [-0.15, -0.1) is 0 Å². The van der Waals surface area contributed by atoms with Gasteiger partial charge in [-0.1, -0.05) is 13.3 Å². The summed E-state index contributed by atoms with van der Waals surface area (Å²) in [6.45, 7) is 5.51. The van der Waals surface area contributed by atoms with Crippen LogP contribution in [0.5, 0.6) is 11.5 Å². The second kappa shape index (κ2) is 7.06. The molecular weight excluding hydrogens is 316 g/mol. The predicted octanol–water partition coefficient (Wildman–Crippen LogP) is 4.60. The van der Waals surface area contributed by atoms with E-state index in [1.165, 1.54) is 22.3 Å². The van der Waals surface area contributed by atoms with Gasteiger partial charge >= 0.3 is 0 Å². The van der Waals surface area contributed by atoms with Gasteiger partial charge in [-0.05, 0) is 41.8 Å². The molecule has 0 aliphatic carbocycles. The van der Waals surface area contributed by atoms with Crippen LogP contribution in [0.25, 0.3) is 11.1 Å². The average Bonchev–Trinajstić information content (AvgIpc) is 2.55. The summed E-state index contributed by atoms with van der Waals surface area (Å²) < 4.78 is 22.4. The number of methoxy groups -OCH3 is 1. The van der Waals surface area contributed by atoms with Gasteiger partial charge < -0.3 is 18.9 Å². The highest BCUT2D eigenvalue weighted by molar-refractivity contribution is 5.72. The van der Waals surface area contributed by atoms with E-state index in [2.05, 4.69) is 31.2 Å². The summed E-state index contributed by atoms with van der Waals surface area (Å²) in [5.41, 5.74) is 7.19. The Balaban J connectivity index is 1.63. The molecule has 2 aliphatic rings. The number of fused-ring (bicyclic) bond motifs is 2. The highest BCUT2D eigenvalue weighted by atomic mass is 16.5. The Bertz CT molecular complexity index is 782. The van der Waals surface area contributed by atoms with Crippen molar-refractivity contribution in [1.29, 1.82) is 0 Å². The Morgan fingerprint density at radius 3 is 1.96 bits per heavy atom. The quantitative estimate of drug-likeness (QED) is 0.658. The van der Waals surface area contributed by atoms with E-state index in [9.17, 15) is 0 Å². The lowest BCUT2D eigenvalue weighted by Crippen LogP contribution is -2.14. The summed E-state index contributed by atoms with van der Waals surface area (Å²) >= 11 is 0.